The van der Waals surface area contributed by atoms with Crippen molar-refractivity contribution in [2.24, 2.45) is 5.92 Å². The van der Waals surface area contributed by atoms with Crippen LogP contribution in [0.3, 0.4) is 0 Å². The van der Waals surface area contributed by atoms with Gasteiger partial charge in [0.15, 0.2) is 5.82 Å². The predicted octanol–water partition coefficient (Wildman–Crippen LogP) is 3.07. The van der Waals surface area contributed by atoms with Gasteiger partial charge in [-0.25, -0.2) is 9.97 Å². The fraction of sp³-hybridized carbons (Fsp3) is 0.750. The highest BCUT2D eigenvalue weighted by Gasteiger charge is 2.30. The van der Waals surface area contributed by atoms with Crippen molar-refractivity contribution >= 4 is 11.6 Å². The van der Waals surface area contributed by atoms with Gasteiger partial charge in [0.05, 0.1) is 0 Å². The molecule has 0 atom stereocenters. The molecule has 1 saturated carbocycles. The van der Waals surface area contributed by atoms with E-state index in [1.54, 1.807) is 0 Å². The molecule has 0 aromatic carbocycles. The lowest BCUT2D eigenvalue weighted by molar-refractivity contribution is 0.128. The van der Waals surface area contributed by atoms with Crippen LogP contribution in [0.15, 0.2) is 6.07 Å². The molecule has 1 heterocycles. The summed E-state index contributed by atoms with van der Waals surface area (Å²) in [5.74, 6) is 3.32. The van der Waals surface area contributed by atoms with E-state index < -0.39 is 0 Å². The normalized spacial score (nSPS) is 14.5. The zero-order valence-electron chi connectivity index (χ0n) is 13.7. The molecule has 1 aromatic rings. The molecule has 1 fully saturated rings. The third-order valence-electron chi connectivity index (χ3n) is 3.40. The van der Waals surface area contributed by atoms with Crippen molar-refractivity contribution in [1.29, 1.82) is 0 Å². The molecule has 118 valence electrons. The summed E-state index contributed by atoms with van der Waals surface area (Å²) >= 11 is 0. The SMILES string of the molecule is CCNc1cc(N(CC(C)C)C2CC2)nc(COCC)n1. The molecule has 0 amide bonds. The fourth-order valence-electron chi connectivity index (χ4n) is 2.37. The topological polar surface area (TPSA) is 50.3 Å². The van der Waals surface area contributed by atoms with Gasteiger partial charge in [-0.1, -0.05) is 13.8 Å². The minimum atomic E-state index is 0.475. The van der Waals surface area contributed by atoms with E-state index in [-0.39, 0.29) is 0 Å². The molecule has 0 aliphatic heterocycles. The average Bonchev–Trinajstić information content (AvgIpc) is 3.27. The van der Waals surface area contributed by atoms with Gasteiger partial charge in [0.25, 0.3) is 0 Å². The summed E-state index contributed by atoms with van der Waals surface area (Å²) < 4.78 is 5.47. The van der Waals surface area contributed by atoms with Gasteiger partial charge in [-0.3, -0.25) is 0 Å². The van der Waals surface area contributed by atoms with Gasteiger partial charge in [0, 0.05) is 31.8 Å². The van der Waals surface area contributed by atoms with Crippen molar-refractivity contribution in [1.82, 2.24) is 9.97 Å². The summed E-state index contributed by atoms with van der Waals surface area (Å²) in [4.78, 5) is 11.7. The predicted molar refractivity (Wildman–Crippen MR) is 86.7 cm³/mol. The second kappa shape index (κ2) is 7.59. The van der Waals surface area contributed by atoms with E-state index in [9.17, 15) is 0 Å². The third kappa shape index (κ3) is 4.84. The quantitative estimate of drug-likeness (QED) is 0.758. The minimum absolute atomic E-state index is 0.475. The minimum Gasteiger partial charge on any atom is -0.374 e. The molecule has 5 heteroatoms. The van der Waals surface area contributed by atoms with E-state index >= 15 is 0 Å². The molecule has 5 nitrogen and oxygen atoms in total. The third-order valence-corrected chi connectivity index (χ3v) is 3.40. The Hall–Kier alpha value is -1.36. The molecule has 1 N–H and O–H groups in total. The van der Waals surface area contributed by atoms with Gasteiger partial charge in [0.1, 0.15) is 18.2 Å². The molecule has 0 radical (unpaired) electrons. The van der Waals surface area contributed by atoms with Crippen LogP contribution in [0.1, 0.15) is 46.4 Å². The first-order valence-electron chi connectivity index (χ1n) is 8.10. The van der Waals surface area contributed by atoms with Crippen molar-refractivity contribution in [3.05, 3.63) is 11.9 Å². The van der Waals surface area contributed by atoms with E-state index in [4.69, 9.17) is 9.72 Å². The average molecular weight is 292 g/mol. The molecule has 1 aliphatic rings. The van der Waals surface area contributed by atoms with Gasteiger partial charge < -0.3 is 15.0 Å². The maximum Gasteiger partial charge on any atom is 0.158 e. The van der Waals surface area contributed by atoms with Gasteiger partial charge in [-0.05, 0) is 32.6 Å². The maximum atomic E-state index is 5.47. The van der Waals surface area contributed by atoms with Crippen LogP contribution in [0, 0.1) is 5.92 Å². The highest BCUT2D eigenvalue weighted by molar-refractivity contribution is 5.51. The Balaban J connectivity index is 2.23. The summed E-state index contributed by atoms with van der Waals surface area (Å²) in [6, 6.07) is 2.72. The molecule has 1 aliphatic carbocycles. The zero-order chi connectivity index (χ0) is 15.2. The van der Waals surface area contributed by atoms with Crippen molar-refractivity contribution in [3.63, 3.8) is 0 Å². The molecular formula is C16H28N4O. The number of rotatable bonds is 9. The van der Waals surface area contributed by atoms with Gasteiger partial charge in [-0.2, -0.15) is 0 Å². The van der Waals surface area contributed by atoms with Crippen LogP contribution in [0.2, 0.25) is 0 Å². The highest BCUT2D eigenvalue weighted by Crippen LogP contribution is 2.32. The molecule has 1 aromatic heterocycles. The second-order valence-corrected chi connectivity index (χ2v) is 5.97. The van der Waals surface area contributed by atoms with Crippen LogP contribution in [0.25, 0.3) is 0 Å². The lowest BCUT2D eigenvalue weighted by atomic mass is 10.2. The molecule has 0 unspecified atom stereocenters. The van der Waals surface area contributed by atoms with Crippen LogP contribution in [-0.2, 0) is 11.3 Å². The molecule has 21 heavy (non-hydrogen) atoms. The van der Waals surface area contributed by atoms with Crippen LogP contribution < -0.4 is 10.2 Å². The Morgan fingerprint density at radius 1 is 1.33 bits per heavy atom. The van der Waals surface area contributed by atoms with Crippen molar-refractivity contribution in [2.75, 3.05) is 29.9 Å². The smallest absolute Gasteiger partial charge is 0.158 e. The number of nitrogens with one attached hydrogen (secondary N) is 1. The fourth-order valence-corrected chi connectivity index (χ4v) is 2.37. The summed E-state index contributed by atoms with van der Waals surface area (Å²) in [6.45, 7) is 11.6. The Labute approximate surface area is 128 Å². The van der Waals surface area contributed by atoms with Gasteiger partial charge in [0.2, 0.25) is 0 Å². The Bertz CT molecular complexity index is 446. The summed E-state index contributed by atoms with van der Waals surface area (Å²) in [6.07, 6.45) is 2.54. The molecule has 0 bridgehead atoms. The Morgan fingerprint density at radius 3 is 2.67 bits per heavy atom. The second-order valence-electron chi connectivity index (χ2n) is 5.97. The maximum absolute atomic E-state index is 5.47. The lowest BCUT2D eigenvalue weighted by Gasteiger charge is -2.26. The lowest BCUT2D eigenvalue weighted by Crippen LogP contribution is -2.31. The summed E-state index contributed by atoms with van der Waals surface area (Å²) in [5.41, 5.74) is 0. The Morgan fingerprint density at radius 2 is 2.10 bits per heavy atom. The summed E-state index contributed by atoms with van der Waals surface area (Å²) in [7, 11) is 0. The first-order chi connectivity index (χ1) is 10.1. The van der Waals surface area contributed by atoms with Crippen molar-refractivity contribution in [3.8, 4) is 0 Å². The van der Waals surface area contributed by atoms with Crippen LogP contribution in [-0.4, -0.2) is 35.7 Å². The van der Waals surface area contributed by atoms with Gasteiger partial charge >= 0.3 is 0 Å². The van der Waals surface area contributed by atoms with Crippen LogP contribution in [0.5, 0.6) is 0 Å². The van der Waals surface area contributed by atoms with Crippen LogP contribution >= 0.6 is 0 Å². The van der Waals surface area contributed by atoms with E-state index in [1.807, 2.05) is 6.92 Å². The summed E-state index contributed by atoms with van der Waals surface area (Å²) in [5, 5.41) is 3.30. The number of ether oxygens (including phenoxy) is 1. The highest BCUT2D eigenvalue weighted by atomic mass is 16.5. The molecular weight excluding hydrogens is 264 g/mol. The largest absolute Gasteiger partial charge is 0.374 e. The molecule has 0 spiro atoms. The first kappa shape index (κ1) is 16.0. The first-order valence-corrected chi connectivity index (χ1v) is 8.10. The number of hydrogen-bond donors (Lipinski definition) is 1. The number of anilines is 2. The number of aromatic nitrogens is 2. The molecule has 0 saturated heterocycles. The van der Waals surface area contributed by atoms with E-state index in [1.165, 1.54) is 12.8 Å². The number of nitrogens with zero attached hydrogens (tertiary/aromatic N) is 3. The zero-order valence-corrected chi connectivity index (χ0v) is 13.7. The van der Waals surface area contributed by atoms with Gasteiger partial charge in [-0.15, -0.1) is 0 Å². The van der Waals surface area contributed by atoms with Crippen LogP contribution in [0.4, 0.5) is 11.6 Å². The van der Waals surface area contributed by atoms with E-state index in [2.05, 4.69) is 42.0 Å². The molecule has 2 rings (SSSR count). The number of hydrogen-bond acceptors (Lipinski definition) is 5. The monoisotopic (exact) mass is 292 g/mol. The van der Waals surface area contributed by atoms with E-state index in [0.29, 0.717) is 25.2 Å². The van der Waals surface area contributed by atoms with E-state index in [0.717, 1.165) is 30.5 Å². The van der Waals surface area contributed by atoms with Crippen molar-refractivity contribution < 1.29 is 4.74 Å². The standard InChI is InChI=1S/C16H28N4O/c1-5-17-14-9-16(19-15(18-14)11-21-6-2)20(10-12(3)4)13-7-8-13/h9,12-13H,5-8,10-11H2,1-4H3,(H,17,18,19). The van der Waals surface area contributed by atoms with Crippen molar-refractivity contribution in [2.45, 2.75) is 53.2 Å². The Kier molecular flexibility index (Phi) is 5.79.